The minimum absolute atomic E-state index is 0.133. The maximum Gasteiger partial charge on any atom is 0.140 e. The first kappa shape index (κ1) is 20.4. The predicted octanol–water partition coefficient (Wildman–Crippen LogP) is 6.44. The quantitative estimate of drug-likeness (QED) is 0.447. The third-order valence-corrected chi connectivity index (χ3v) is 5.18. The van der Waals surface area contributed by atoms with Gasteiger partial charge in [-0.2, -0.15) is 0 Å². The summed E-state index contributed by atoms with van der Waals surface area (Å²) in [5.74, 6) is 2.50. The van der Waals surface area contributed by atoms with Crippen molar-refractivity contribution in [3.63, 3.8) is 0 Å². The van der Waals surface area contributed by atoms with Gasteiger partial charge in [0.25, 0.3) is 0 Å². The standard InChI is InChI=1S/C26H26O3/c1-20(27)26(2,22-14-16-23(28-3)17-15-22)18-8-10-21-9-7-13-25(19-21)29-24-11-5-4-6-12-24/h4-17,19H,18H2,1-3H3. The fourth-order valence-corrected chi connectivity index (χ4v) is 3.16. The fraction of sp³-hybridized carbons (Fsp3) is 0.192. The van der Waals surface area contributed by atoms with E-state index in [0.717, 1.165) is 28.4 Å². The lowest BCUT2D eigenvalue weighted by atomic mass is 9.76. The van der Waals surface area contributed by atoms with Crippen LogP contribution in [0.15, 0.2) is 84.9 Å². The SMILES string of the molecule is COc1ccc(C(C)(CC=Cc2cccc(Oc3ccccc3)c2)C(C)=O)cc1. The number of ether oxygens (including phenoxy) is 2. The Morgan fingerprint density at radius 2 is 1.59 bits per heavy atom. The Kier molecular flexibility index (Phi) is 6.50. The Morgan fingerprint density at radius 1 is 0.897 bits per heavy atom. The zero-order valence-electron chi connectivity index (χ0n) is 17.1. The topological polar surface area (TPSA) is 35.5 Å². The lowest BCUT2D eigenvalue weighted by molar-refractivity contribution is -0.121. The molecule has 0 aliphatic rings. The molecule has 0 saturated carbocycles. The van der Waals surface area contributed by atoms with E-state index in [1.165, 1.54) is 0 Å². The van der Waals surface area contributed by atoms with Crippen molar-refractivity contribution < 1.29 is 14.3 Å². The molecule has 0 amide bonds. The molecule has 0 spiro atoms. The summed E-state index contributed by atoms with van der Waals surface area (Å²) in [6.45, 7) is 3.63. The van der Waals surface area contributed by atoms with E-state index in [2.05, 4.69) is 0 Å². The summed E-state index contributed by atoms with van der Waals surface area (Å²) in [6, 6.07) is 25.3. The first-order valence-electron chi connectivity index (χ1n) is 9.66. The van der Waals surface area contributed by atoms with Crippen LogP contribution in [-0.4, -0.2) is 12.9 Å². The average Bonchev–Trinajstić information content (AvgIpc) is 2.74. The minimum Gasteiger partial charge on any atom is -0.497 e. The second-order valence-electron chi connectivity index (χ2n) is 7.21. The van der Waals surface area contributed by atoms with E-state index in [9.17, 15) is 4.79 Å². The summed E-state index contributed by atoms with van der Waals surface area (Å²) in [5.41, 5.74) is 1.43. The van der Waals surface area contributed by atoms with Gasteiger partial charge in [0, 0.05) is 0 Å². The summed E-state index contributed by atoms with van der Waals surface area (Å²) in [4.78, 5) is 12.4. The van der Waals surface area contributed by atoms with Crippen LogP contribution in [0.2, 0.25) is 0 Å². The predicted molar refractivity (Wildman–Crippen MR) is 118 cm³/mol. The lowest BCUT2D eigenvalue weighted by Crippen LogP contribution is -2.29. The Labute approximate surface area is 172 Å². The van der Waals surface area contributed by atoms with Crippen LogP contribution in [0.5, 0.6) is 17.2 Å². The first-order chi connectivity index (χ1) is 14.0. The first-order valence-corrected chi connectivity index (χ1v) is 9.66. The molecule has 3 aromatic rings. The highest BCUT2D eigenvalue weighted by molar-refractivity contribution is 5.88. The second kappa shape index (κ2) is 9.24. The van der Waals surface area contributed by atoms with E-state index in [1.54, 1.807) is 14.0 Å². The van der Waals surface area contributed by atoms with E-state index in [0.29, 0.717) is 6.42 Å². The molecule has 3 nitrogen and oxygen atoms in total. The fourth-order valence-electron chi connectivity index (χ4n) is 3.16. The van der Waals surface area contributed by atoms with Gasteiger partial charge in [0.2, 0.25) is 0 Å². The van der Waals surface area contributed by atoms with Crippen molar-refractivity contribution in [3.8, 4) is 17.2 Å². The molecule has 0 radical (unpaired) electrons. The van der Waals surface area contributed by atoms with Crippen molar-refractivity contribution in [2.75, 3.05) is 7.11 Å². The highest BCUT2D eigenvalue weighted by Crippen LogP contribution is 2.31. The molecular weight excluding hydrogens is 360 g/mol. The molecule has 0 aliphatic carbocycles. The molecule has 0 N–H and O–H groups in total. The van der Waals surface area contributed by atoms with Crippen LogP contribution in [0.25, 0.3) is 6.08 Å². The molecule has 1 atom stereocenters. The van der Waals surface area contributed by atoms with Gasteiger partial charge in [0.1, 0.15) is 23.0 Å². The Morgan fingerprint density at radius 3 is 2.24 bits per heavy atom. The normalized spacial score (nSPS) is 13.1. The number of para-hydroxylation sites is 1. The number of carbonyl (C=O) groups is 1. The summed E-state index contributed by atoms with van der Waals surface area (Å²) < 4.78 is 11.1. The molecule has 3 aromatic carbocycles. The average molecular weight is 386 g/mol. The Balaban J connectivity index is 1.74. The Hall–Kier alpha value is -3.33. The molecule has 1 unspecified atom stereocenters. The third kappa shape index (κ3) is 5.14. The summed E-state index contributed by atoms with van der Waals surface area (Å²) in [7, 11) is 1.64. The van der Waals surface area contributed by atoms with Gasteiger partial charge in [0.15, 0.2) is 0 Å². The molecule has 0 bridgehead atoms. The van der Waals surface area contributed by atoms with Crippen LogP contribution in [0, 0.1) is 0 Å². The molecular formula is C26H26O3. The van der Waals surface area contributed by atoms with Crippen LogP contribution in [0.1, 0.15) is 31.4 Å². The molecule has 148 valence electrons. The van der Waals surface area contributed by atoms with Crippen LogP contribution < -0.4 is 9.47 Å². The maximum absolute atomic E-state index is 12.4. The number of methoxy groups -OCH3 is 1. The molecule has 29 heavy (non-hydrogen) atoms. The number of ketones is 1. The number of hydrogen-bond donors (Lipinski definition) is 0. The lowest BCUT2D eigenvalue weighted by Gasteiger charge is -2.26. The van der Waals surface area contributed by atoms with Crippen molar-refractivity contribution in [1.29, 1.82) is 0 Å². The smallest absolute Gasteiger partial charge is 0.140 e. The van der Waals surface area contributed by atoms with Gasteiger partial charge in [0.05, 0.1) is 12.5 Å². The van der Waals surface area contributed by atoms with E-state index in [1.807, 2.05) is 97.9 Å². The molecule has 0 aromatic heterocycles. The van der Waals surface area contributed by atoms with Gasteiger partial charge in [-0.25, -0.2) is 0 Å². The van der Waals surface area contributed by atoms with Gasteiger partial charge >= 0.3 is 0 Å². The van der Waals surface area contributed by atoms with E-state index in [-0.39, 0.29) is 5.78 Å². The molecule has 0 fully saturated rings. The van der Waals surface area contributed by atoms with Gasteiger partial charge < -0.3 is 9.47 Å². The number of carbonyl (C=O) groups excluding carboxylic acids is 1. The van der Waals surface area contributed by atoms with E-state index < -0.39 is 5.41 Å². The zero-order chi connectivity index (χ0) is 20.7. The third-order valence-electron chi connectivity index (χ3n) is 5.18. The monoisotopic (exact) mass is 386 g/mol. The maximum atomic E-state index is 12.4. The van der Waals surface area contributed by atoms with Crippen LogP contribution >= 0.6 is 0 Å². The van der Waals surface area contributed by atoms with Crippen LogP contribution in [-0.2, 0) is 10.2 Å². The van der Waals surface area contributed by atoms with Crippen LogP contribution in [0.3, 0.4) is 0 Å². The second-order valence-corrected chi connectivity index (χ2v) is 7.21. The number of rotatable bonds is 8. The molecule has 0 heterocycles. The molecule has 3 rings (SSSR count). The largest absolute Gasteiger partial charge is 0.497 e. The van der Waals surface area contributed by atoms with Crippen molar-refractivity contribution in [1.82, 2.24) is 0 Å². The minimum atomic E-state index is -0.582. The molecule has 3 heteroatoms. The number of hydrogen-bond acceptors (Lipinski definition) is 3. The summed E-state index contributed by atoms with van der Waals surface area (Å²) in [6.07, 6.45) is 4.69. The molecule has 0 saturated heterocycles. The highest BCUT2D eigenvalue weighted by Gasteiger charge is 2.30. The van der Waals surface area contributed by atoms with Crippen molar-refractivity contribution in [3.05, 3.63) is 96.1 Å². The van der Waals surface area contributed by atoms with Crippen molar-refractivity contribution in [2.45, 2.75) is 25.7 Å². The van der Waals surface area contributed by atoms with Gasteiger partial charge in [-0.1, -0.05) is 54.6 Å². The number of allylic oxidation sites excluding steroid dienone is 1. The van der Waals surface area contributed by atoms with Crippen molar-refractivity contribution in [2.24, 2.45) is 0 Å². The van der Waals surface area contributed by atoms with Gasteiger partial charge in [-0.15, -0.1) is 0 Å². The highest BCUT2D eigenvalue weighted by atomic mass is 16.5. The molecule has 0 aliphatic heterocycles. The van der Waals surface area contributed by atoms with Crippen LogP contribution in [0.4, 0.5) is 0 Å². The van der Waals surface area contributed by atoms with Gasteiger partial charge in [-0.3, -0.25) is 4.79 Å². The van der Waals surface area contributed by atoms with Crippen molar-refractivity contribution >= 4 is 11.9 Å². The summed E-state index contributed by atoms with van der Waals surface area (Å²) >= 11 is 0. The summed E-state index contributed by atoms with van der Waals surface area (Å²) in [5, 5.41) is 0. The number of Topliss-reactive ketones (excluding diaryl/α,β-unsaturated/α-hetero) is 1. The zero-order valence-corrected chi connectivity index (χ0v) is 17.1. The number of benzene rings is 3. The Bertz CT molecular complexity index is 974. The van der Waals surface area contributed by atoms with Gasteiger partial charge in [-0.05, 0) is 67.8 Å². The van der Waals surface area contributed by atoms with E-state index in [4.69, 9.17) is 9.47 Å². The van der Waals surface area contributed by atoms with E-state index >= 15 is 0 Å².